The van der Waals surface area contributed by atoms with Crippen LogP contribution in [0.2, 0.25) is 5.02 Å². The zero-order valence-corrected chi connectivity index (χ0v) is 16.8. The maximum atomic E-state index is 12.7. The van der Waals surface area contributed by atoms with E-state index in [1.165, 1.54) is 0 Å². The first kappa shape index (κ1) is 19.1. The molecular weight excluding hydrogens is 388 g/mol. The topological polar surface area (TPSA) is 48.7 Å². The van der Waals surface area contributed by atoms with Crippen LogP contribution < -0.4 is 15.1 Å². The Morgan fingerprint density at radius 2 is 1.76 bits per heavy atom. The van der Waals surface area contributed by atoms with Crippen molar-refractivity contribution in [1.29, 1.82) is 0 Å². The van der Waals surface area contributed by atoms with Crippen LogP contribution in [0, 0.1) is 6.92 Å². The van der Waals surface area contributed by atoms with Crippen molar-refractivity contribution < 1.29 is 13.9 Å². The lowest BCUT2D eigenvalue weighted by molar-refractivity contribution is 0.296. The average Bonchev–Trinajstić information content (AvgIpc) is 2.73. The summed E-state index contributed by atoms with van der Waals surface area (Å²) in [5, 5.41) is 1.48. The number of para-hydroxylation sites is 1. The van der Waals surface area contributed by atoms with Gasteiger partial charge in [0.25, 0.3) is 0 Å². The summed E-state index contributed by atoms with van der Waals surface area (Å²) in [4.78, 5) is 12.7. The van der Waals surface area contributed by atoms with Gasteiger partial charge in [-0.15, -0.1) is 0 Å². The maximum absolute atomic E-state index is 12.7. The maximum Gasteiger partial charge on any atom is 0.344 e. The van der Waals surface area contributed by atoms with E-state index in [4.69, 9.17) is 25.5 Å². The van der Waals surface area contributed by atoms with Gasteiger partial charge in [-0.25, -0.2) is 4.79 Å². The molecule has 1 aromatic heterocycles. The summed E-state index contributed by atoms with van der Waals surface area (Å²) < 4.78 is 16.8. The number of aryl methyl sites for hydroxylation is 1. The summed E-state index contributed by atoms with van der Waals surface area (Å²) in [5.74, 6) is 1.38. The van der Waals surface area contributed by atoms with Gasteiger partial charge < -0.3 is 13.9 Å². The molecule has 4 aromatic rings. The Morgan fingerprint density at radius 1 is 1.00 bits per heavy atom. The zero-order valence-electron chi connectivity index (χ0n) is 16.1. The van der Waals surface area contributed by atoms with Gasteiger partial charge in [0.2, 0.25) is 0 Å². The lowest BCUT2D eigenvalue weighted by Crippen LogP contribution is -2.06. The number of ether oxygens (including phenoxy) is 2. The van der Waals surface area contributed by atoms with Crippen molar-refractivity contribution in [1.82, 2.24) is 0 Å². The summed E-state index contributed by atoms with van der Waals surface area (Å²) in [5.41, 5.74) is 3.21. The van der Waals surface area contributed by atoms with Gasteiger partial charge >= 0.3 is 5.63 Å². The number of benzene rings is 3. The van der Waals surface area contributed by atoms with Crippen molar-refractivity contribution in [2.45, 2.75) is 13.5 Å². The number of hydrogen-bond acceptors (Lipinski definition) is 4. The molecule has 0 unspecified atom stereocenters. The Kier molecular flexibility index (Phi) is 5.28. The summed E-state index contributed by atoms with van der Waals surface area (Å²) >= 11 is 5.96. The smallest absolute Gasteiger partial charge is 0.344 e. The van der Waals surface area contributed by atoms with Gasteiger partial charge in [-0.1, -0.05) is 41.9 Å². The zero-order chi connectivity index (χ0) is 20.4. The highest BCUT2D eigenvalue weighted by Gasteiger charge is 2.14. The number of methoxy groups -OCH3 is 1. The Labute approximate surface area is 173 Å². The van der Waals surface area contributed by atoms with E-state index in [2.05, 4.69) is 0 Å². The fourth-order valence-electron chi connectivity index (χ4n) is 3.36. The SMILES string of the molecule is COc1ccccc1COc1ccc2c(C)c(-c3ccc(Cl)cc3)c(=O)oc2c1. The van der Waals surface area contributed by atoms with Gasteiger partial charge in [0.1, 0.15) is 23.7 Å². The van der Waals surface area contributed by atoms with E-state index in [9.17, 15) is 4.79 Å². The molecule has 1 heterocycles. The van der Waals surface area contributed by atoms with E-state index in [0.29, 0.717) is 28.5 Å². The third kappa shape index (κ3) is 3.84. The molecule has 0 bridgehead atoms. The third-order valence-electron chi connectivity index (χ3n) is 4.86. The third-order valence-corrected chi connectivity index (χ3v) is 5.11. The van der Waals surface area contributed by atoms with E-state index in [1.54, 1.807) is 25.3 Å². The van der Waals surface area contributed by atoms with Gasteiger partial charge in [0.05, 0.1) is 12.7 Å². The highest BCUT2D eigenvalue weighted by molar-refractivity contribution is 6.30. The number of rotatable bonds is 5. The second-order valence-corrected chi connectivity index (χ2v) is 7.09. The first-order valence-electron chi connectivity index (χ1n) is 9.15. The van der Waals surface area contributed by atoms with E-state index in [1.807, 2.05) is 55.5 Å². The van der Waals surface area contributed by atoms with Gasteiger partial charge in [-0.05, 0) is 48.4 Å². The molecule has 0 N–H and O–H groups in total. The molecule has 0 aliphatic heterocycles. The standard InChI is InChI=1S/C24H19ClO4/c1-15-20-12-11-19(28-14-17-5-3-4-6-21(17)27-2)13-22(20)29-24(26)23(15)16-7-9-18(25)10-8-16/h3-13H,14H2,1-2H3. The minimum atomic E-state index is -0.390. The van der Waals surface area contributed by atoms with E-state index in [0.717, 1.165) is 27.8 Å². The van der Waals surface area contributed by atoms with Crippen LogP contribution in [0.5, 0.6) is 11.5 Å². The van der Waals surface area contributed by atoms with E-state index < -0.39 is 0 Å². The quantitative estimate of drug-likeness (QED) is 0.381. The van der Waals surface area contributed by atoms with Crippen molar-refractivity contribution in [3.63, 3.8) is 0 Å². The number of hydrogen-bond donors (Lipinski definition) is 0. The molecule has 0 saturated carbocycles. The van der Waals surface area contributed by atoms with Crippen LogP contribution in [0.1, 0.15) is 11.1 Å². The molecule has 4 nitrogen and oxygen atoms in total. The summed E-state index contributed by atoms with van der Waals surface area (Å²) in [6, 6.07) is 20.4. The van der Waals surface area contributed by atoms with Gasteiger partial charge in [0.15, 0.2) is 0 Å². The van der Waals surface area contributed by atoms with Crippen LogP contribution in [0.25, 0.3) is 22.1 Å². The van der Waals surface area contributed by atoms with Crippen molar-refractivity contribution in [3.8, 4) is 22.6 Å². The number of fused-ring (bicyclic) bond motifs is 1. The van der Waals surface area contributed by atoms with Crippen LogP contribution in [-0.2, 0) is 6.61 Å². The second kappa shape index (κ2) is 8.02. The first-order valence-corrected chi connectivity index (χ1v) is 9.52. The molecule has 0 amide bonds. The van der Waals surface area contributed by atoms with Crippen molar-refractivity contribution in [2.75, 3.05) is 7.11 Å². The number of halogens is 1. The van der Waals surface area contributed by atoms with Gasteiger partial charge in [-0.3, -0.25) is 0 Å². The Hall–Kier alpha value is -3.24. The molecule has 4 rings (SSSR count). The van der Waals surface area contributed by atoms with Crippen molar-refractivity contribution in [2.24, 2.45) is 0 Å². The van der Waals surface area contributed by atoms with E-state index in [-0.39, 0.29) is 5.63 Å². The lowest BCUT2D eigenvalue weighted by atomic mass is 10.00. The summed E-state index contributed by atoms with van der Waals surface area (Å²) in [6.07, 6.45) is 0. The predicted molar refractivity (Wildman–Crippen MR) is 115 cm³/mol. The molecule has 146 valence electrons. The summed E-state index contributed by atoms with van der Waals surface area (Å²) in [7, 11) is 1.63. The first-order chi connectivity index (χ1) is 14.1. The average molecular weight is 407 g/mol. The van der Waals surface area contributed by atoms with Crippen molar-refractivity contribution in [3.05, 3.63) is 93.3 Å². The summed E-state index contributed by atoms with van der Waals surface area (Å²) in [6.45, 7) is 2.26. The van der Waals surface area contributed by atoms with E-state index >= 15 is 0 Å². The highest BCUT2D eigenvalue weighted by Crippen LogP contribution is 2.30. The molecule has 0 atom stereocenters. The molecular formula is C24H19ClO4. The monoisotopic (exact) mass is 406 g/mol. The van der Waals surface area contributed by atoms with Crippen LogP contribution in [0.4, 0.5) is 0 Å². The predicted octanol–water partition coefficient (Wildman–Crippen LogP) is 6.01. The molecule has 0 aliphatic rings. The Balaban J connectivity index is 1.67. The Morgan fingerprint density at radius 3 is 2.52 bits per heavy atom. The van der Waals surface area contributed by atoms with Crippen LogP contribution in [-0.4, -0.2) is 7.11 Å². The molecule has 29 heavy (non-hydrogen) atoms. The molecule has 0 radical (unpaired) electrons. The molecule has 0 saturated heterocycles. The fourth-order valence-corrected chi connectivity index (χ4v) is 3.49. The fraction of sp³-hybridized carbons (Fsp3) is 0.125. The van der Waals surface area contributed by atoms with Crippen LogP contribution in [0.15, 0.2) is 75.9 Å². The van der Waals surface area contributed by atoms with Crippen molar-refractivity contribution >= 4 is 22.6 Å². The molecule has 5 heteroatoms. The van der Waals surface area contributed by atoms with Gasteiger partial charge in [-0.2, -0.15) is 0 Å². The largest absolute Gasteiger partial charge is 0.496 e. The lowest BCUT2D eigenvalue weighted by Gasteiger charge is -2.12. The van der Waals surface area contributed by atoms with Crippen LogP contribution >= 0.6 is 11.6 Å². The molecule has 0 fully saturated rings. The minimum Gasteiger partial charge on any atom is -0.496 e. The van der Waals surface area contributed by atoms with Crippen LogP contribution in [0.3, 0.4) is 0 Å². The normalized spacial score (nSPS) is 10.9. The van der Waals surface area contributed by atoms with Gasteiger partial charge in [0, 0.05) is 22.0 Å². The molecule has 0 aliphatic carbocycles. The minimum absolute atomic E-state index is 0.349. The molecule has 0 spiro atoms. The highest BCUT2D eigenvalue weighted by atomic mass is 35.5. The second-order valence-electron chi connectivity index (χ2n) is 6.65. The molecule has 3 aromatic carbocycles. The Bertz CT molecular complexity index is 1230.